The van der Waals surface area contributed by atoms with Crippen LogP contribution < -0.4 is 0 Å². The summed E-state index contributed by atoms with van der Waals surface area (Å²) in [5.74, 6) is 1.54. The van der Waals surface area contributed by atoms with Gasteiger partial charge in [0.15, 0.2) is 0 Å². The molecule has 19 heavy (non-hydrogen) atoms. The molecule has 1 aliphatic rings. The van der Waals surface area contributed by atoms with Crippen molar-refractivity contribution < 1.29 is 14.7 Å². The van der Waals surface area contributed by atoms with E-state index in [0.717, 1.165) is 25.7 Å². The second-order valence-electron chi connectivity index (χ2n) is 4.81. The van der Waals surface area contributed by atoms with Crippen LogP contribution in [0.15, 0.2) is 0 Å². The molecule has 106 valence electrons. The molecule has 1 atom stereocenters. The summed E-state index contributed by atoms with van der Waals surface area (Å²) in [5, 5.41) is 9.27. The van der Waals surface area contributed by atoms with Crippen LogP contribution in [-0.2, 0) is 4.79 Å². The van der Waals surface area contributed by atoms with E-state index in [4.69, 9.17) is 6.42 Å². The highest BCUT2D eigenvalue weighted by Gasteiger charge is 2.32. The summed E-state index contributed by atoms with van der Waals surface area (Å²) < 4.78 is 0. The molecular weight excluding hydrogens is 244 g/mol. The molecule has 2 amide bonds. The SMILES string of the molecule is C#CCN(CCC)C(=O)N1CCCCCC1C(=O)O. The highest BCUT2D eigenvalue weighted by Crippen LogP contribution is 2.18. The van der Waals surface area contributed by atoms with Gasteiger partial charge in [-0.25, -0.2) is 9.59 Å². The fourth-order valence-electron chi connectivity index (χ4n) is 2.40. The Balaban J connectivity index is 2.84. The molecule has 0 bridgehead atoms. The third-order valence-electron chi connectivity index (χ3n) is 3.33. The maximum atomic E-state index is 12.4. The molecule has 0 aromatic carbocycles. The average Bonchev–Trinajstić information content (AvgIpc) is 2.63. The molecule has 1 heterocycles. The van der Waals surface area contributed by atoms with Crippen molar-refractivity contribution >= 4 is 12.0 Å². The van der Waals surface area contributed by atoms with Crippen LogP contribution in [0.3, 0.4) is 0 Å². The second-order valence-corrected chi connectivity index (χ2v) is 4.81. The zero-order valence-electron chi connectivity index (χ0n) is 11.5. The summed E-state index contributed by atoms with van der Waals surface area (Å²) in [5.41, 5.74) is 0. The first-order chi connectivity index (χ1) is 9.11. The molecular formula is C14H22N2O3. The highest BCUT2D eigenvalue weighted by molar-refractivity contribution is 5.83. The van der Waals surface area contributed by atoms with E-state index in [2.05, 4.69) is 5.92 Å². The van der Waals surface area contributed by atoms with E-state index in [0.29, 0.717) is 19.5 Å². The smallest absolute Gasteiger partial charge is 0.326 e. The number of urea groups is 1. The van der Waals surface area contributed by atoms with Crippen LogP contribution in [0.25, 0.3) is 0 Å². The van der Waals surface area contributed by atoms with Crippen molar-refractivity contribution in [1.29, 1.82) is 0 Å². The summed E-state index contributed by atoms with van der Waals surface area (Å²) >= 11 is 0. The summed E-state index contributed by atoms with van der Waals surface area (Å²) in [6.45, 7) is 3.26. The predicted molar refractivity (Wildman–Crippen MR) is 72.7 cm³/mol. The van der Waals surface area contributed by atoms with Gasteiger partial charge < -0.3 is 14.9 Å². The number of likely N-dealkylation sites (tertiary alicyclic amines) is 1. The number of terminal acetylenes is 1. The number of carboxylic acids is 1. The van der Waals surface area contributed by atoms with E-state index >= 15 is 0 Å². The molecule has 0 radical (unpaired) electrons. The summed E-state index contributed by atoms with van der Waals surface area (Å²) in [4.78, 5) is 26.8. The Bertz CT molecular complexity index is 362. The number of rotatable bonds is 4. The van der Waals surface area contributed by atoms with Gasteiger partial charge in [-0.3, -0.25) is 0 Å². The first-order valence-electron chi connectivity index (χ1n) is 6.83. The summed E-state index contributed by atoms with van der Waals surface area (Å²) in [7, 11) is 0. The van der Waals surface area contributed by atoms with Gasteiger partial charge in [-0.05, 0) is 19.3 Å². The summed E-state index contributed by atoms with van der Waals surface area (Å²) in [6, 6.07) is -0.957. The normalized spacial score (nSPS) is 19.4. The Morgan fingerprint density at radius 2 is 2.16 bits per heavy atom. The van der Waals surface area contributed by atoms with Crippen LogP contribution in [0.1, 0.15) is 39.0 Å². The van der Waals surface area contributed by atoms with Gasteiger partial charge >= 0.3 is 12.0 Å². The van der Waals surface area contributed by atoms with Gasteiger partial charge in [0.05, 0.1) is 6.54 Å². The molecule has 0 aromatic heterocycles. The topological polar surface area (TPSA) is 60.9 Å². The van der Waals surface area contributed by atoms with Crippen LogP contribution in [0.5, 0.6) is 0 Å². The molecule has 0 aromatic rings. The molecule has 5 heteroatoms. The number of nitrogens with zero attached hydrogens (tertiary/aromatic N) is 2. The van der Waals surface area contributed by atoms with Crippen LogP contribution in [0.2, 0.25) is 0 Å². The van der Waals surface area contributed by atoms with Crippen LogP contribution in [0.4, 0.5) is 4.79 Å². The molecule has 5 nitrogen and oxygen atoms in total. The van der Waals surface area contributed by atoms with Gasteiger partial charge in [0, 0.05) is 13.1 Å². The van der Waals surface area contributed by atoms with Crippen molar-refractivity contribution in [3.8, 4) is 12.3 Å². The fraction of sp³-hybridized carbons (Fsp3) is 0.714. The minimum absolute atomic E-state index is 0.232. The van der Waals surface area contributed by atoms with Gasteiger partial charge in [0.1, 0.15) is 6.04 Å². The van der Waals surface area contributed by atoms with E-state index in [-0.39, 0.29) is 12.6 Å². The molecule has 1 N–H and O–H groups in total. The predicted octanol–water partition coefficient (Wildman–Crippen LogP) is 1.78. The zero-order chi connectivity index (χ0) is 14.3. The lowest BCUT2D eigenvalue weighted by atomic mass is 10.1. The molecule has 0 aliphatic carbocycles. The lowest BCUT2D eigenvalue weighted by Gasteiger charge is -2.32. The van der Waals surface area contributed by atoms with Gasteiger partial charge in [-0.1, -0.05) is 25.7 Å². The maximum absolute atomic E-state index is 12.4. The number of aliphatic carboxylic acids is 1. The van der Waals surface area contributed by atoms with Gasteiger partial charge in [-0.15, -0.1) is 6.42 Å². The Hall–Kier alpha value is -1.70. The molecule has 1 unspecified atom stereocenters. The van der Waals surface area contributed by atoms with Crippen molar-refractivity contribution in [1.82, 2.24) is 9.80 Å². The number of hydrogen-bond acceptors (Lipinski definition) is 2. The van der Waals surface area contributed by atoms with E-state index in [9.17, 15) is 14.7 Å². The van der Waals surface area contributed by atoms with Crippen LogP contribution in [-0.4, -0.2) is 52.6 Å². The van der Waals surface area contributed by atoms with Crippen molar-refractivity contribution in [3.05, 3.63) is 0 Å². The third-order valence-corrected chi connectivity index (χ3v) is 3.33. The quantitative estimate of drug-likeness (QED) is 0.789. The molecule has 0 saturated carbocycles. The lowest BCUT2D eigenvalue weighted by Crippen LogP contribution is -2.51. The van der Waals surface area contributed by atoms with E-state index in [1.807, 2.05) is 6.92 Å². The van der Waals surface area contributed by atoms with Gasteiger partial charge in [-0.2, -0.15) is 0 Å². The molecule has 1 rings (SSSR count). The minimum Gasteiger partial charge on any atom is -0.480 e. The lowest BCUT2D eigenvalue weighted by molar-refractivity contribution is -0.142. The van der Waals surface area contributed by atoms with Crippen molar-refractivity contribution in [3.63, 3.8) is 0 Å². The number of carbonyl (C=O) groups is 2. The van der Waals surface area contributed by atoms with Gasteiger partial charge in [0.25, 0.3) is 0 Å². The van der Waals surface area contributed by atoms with Crippen molar-refractivity contribution in [2.75, 3.05) is 19.6 Å². The minimum atomic E-state index is -0.924. The number of carbonyl (C=O) groups excluding carboxylic acids is 1. The van der Waals surface area contributed by atoms with Crippen molar-refractivity contribution in [2.45, 2.75) is 45.1 Å². The number of hydrogen-bond donors (Lipinski definition) is 1. The molecule has 1 aliphatic heterocycles. The zero-order valence-corrected chi connectivity index (χ0v) is 11.5. The Kier molecular flexibility index (Phi) is 6.20. The first-order valence-corrected chi connectivity index (χ1v) is 6.83. The standard InChI is InChI=1S/C14H22N2O3/c1-3-9-15(10-4-2)14(19)16-11-7-5-6-8-12(16)13(17)18/h1,12H,4-11H2,2H3,(H,17,18). The second kappa shape index (κ2) is 7.67. The maximum Gasteiger partial charge on any atom is 0.326 e. The molecule has 0 spiro atoms. The number of carboxylic acid groups (broad SMARTS) is 1. The number of amides is 2. The van der Waals surface area contributed by atoms with E-state index in [1.54, 1.807) is 4.90 Å². The molecule has 1 fully saturated rings. The third kappa shape index (κ3) is 4.16. The first kappa shape index (κ1) is 15.4. The Morgan fingerprint density at radius 3 is 2.74 bits per heavy atom. The average molecular weight is 266 g/mol. The Morgan fingerprint density at radius 1 is 1.42 bits per heavy atom. The van der Waals surface area contributed by atoms with Gasteiger partial charge in [0.2, 0.25) is 0 Å². The molecule has 1 saturated heterocycles. The largest absolute Gasteiger partial charge is 0.480 e. The van der Waals surface area contributed by atoms with Crippen molar-refractivity contribution in [2.24, 2.45) is 0 Å². The van der Waals surface area contributed by atoms with Crippen LogP contribution >= 0.6 is 0 Å². The fourth-order valence-corrected chi connectivity index (χ4v) is 2.40. The highest BCUT2D eigenvalue weighted by atomic mass is 16.4. The van der Waals surface area contributed by atoms with Crippen LogP contribution in [0, 0.1) is 12.3 Å². The van der Waals surface area contributed by atoms with E-state index in [1.165, 1.54) is 4.90 Å². The van der Waals surface area contributed by atoms with E-state index < -0.39 is 12.0 Å². The Labute approximate surface area is 114 Å². The summed E-state index contributed by atoms with van der Waals surface area (Å²) in [6.07, 6.45) is 9.28. The monoisotopic (exact) mass is 266 g/mol.